The van der Waals surface area contributed by atoms with E-state index in [1.54, 1.807) is 24.3 Å². The predicted octanol–water partition coefficient (Wildman–Crippen LogP) is 6.22. The SMILES string of the molecule is O=C(O)Cc1cc(Cl)c(Oc2ccc(NC(=S)Nc3ccccc3)cc2)c(Cl)c1. The summed E-state index contributed by atoms with van der Waals surface area (Å²) in [6, 6.07) is 19.7. The van der Waals surface area contributed by atoms with E-state index in [0.29, 0.717) is 16.4 Å². The van der Waals surface area contributed by atoms with Crippen LogP contribution in [0, 0.1) is 0 Å². The summed E-state index contributed by atoms with van der Waals surface area (Å²) in [5, 5.41) is 16.0. The number of rotatable bonds is 6. The van der Waals surface area contributed by atoms with E-state index in [2.05, 4.69) is 10.6 Å². The van der Waals surface area contributed by atoms with Gasteiger partial charge in [0.05, 0.1) is 16.5 Å². The van der Waals surface area contributed by atoms with Gasteiger partial charge in [0, 0.05) is 11.4 Å². The molecular weight excluding hydrogens is 431 g/mol. The lowest BCUT2D eigenvalue weighted by Crippen LogP contribution is -2.18. The number of aliphatic carboxylic acids is 1. The number of para-hydroxylation sites is 1. The average Bonchev–Trinajstić information content (AvgIpc) is 2.66. The molecule has 0 spiro atoms. The first-order chi connectivity index (χ1) is 13.9. The van der Waals surface area contributed by atoms with Crippen LogP contribution in [0.4, 0.5) is 11.4 Å². The molecule has 3 N–H and O–H groups in total. The minimum absolute atomic E-state index is 0.170. The number of halogens is 2. The summed E-state index contributed by atoms with van der Waals surface area (Å²) in [6.45, 7) is 0. The summed E-state index contributed by atoms with van der Waals surface area (Å²) in [5.41, 5.74) is 2.17. The normalized spacial score (nSPS) is 10.3. The largest absolute Gasteiger partial charge is 0.481 e. The van der Waals surface area contributed by atoms with Gasteiger partial charge in [-0.05, 0) is 66.3 Å². The fraction of sp³-hybridized carbons (Fsp3) is 0.0476. The van der Waals surface area contributed by atoms with Crippen molar-refractivity contribution in [3.8, 4) is 11.5 Å². The molecule has 29 heavy (non-hydrogen) atoms. The van der Waals surface area contributed by atoms with Crippen molar-refractivity contribution in [2.75, 3.05) is 10.6 Å². The fourth-order valence-corrected chi connectivity index (χ4v) is 3.37. The highest BCUT2D eigenvalue weighted by Crippen LogP contribution is 2.37. The fourth-order valence-electron chi connectivity index (χ4n) is 2.53. The zero-order valence-electron chi connectivity index (χ0n) is 15.0. The maximum absolute atomic E-state index is 10.8. The van der Waals surface area contributed by atoms with Crippen LogP contribution in [0.2, 0.25) is 10.0 Å². The van der Waals surface area contributed by atoms with Gasteiger partial charge in [-0.1, -0.05) is 41.4 Å². The molecule has 0 heterocycles. The van der Waals surface area contributed by atoms with Gasteiger partial charge in [-0.2, -0.15) is 0 Å². The Bertz CT molecular complexity index is 1000. The molecule has 148 valence electrons. The van der Waals surface area contributed by atoms with Gasteiger partial charge in [-0.3, -0.25) is 4.79 Å². The Morgan fingerprint density at radius 2 is 1.48 bits per heavy atom. The Balaban J connectivity index is 1.65. The number of anilines is 2. The van der Waals surface area contributed by atoms with Crippen LogP contribution in [0.3, 0.4) is 0 Å². The standard InChI is InChI=1S/C21H16Cl2N2O3S/c22-17-10-13(12-19(26)27)11-18(23)20(17)28-16-8-6-15(7-9-16)25-21(29)24-14-4-2-1-3-5-14/h1-11H,12H2,(H,26,27)(H2,24,25,29). The van der Waals surface area contributed by atoms with Crippen molar-refractivity contribution < 1.29 is 14.6 Å². The van der Waals surface area contributed by atoms with E-state index in [1.807, 2.05) is 30.3 Å². The zero-order valence-corrected chi connectivity index (χ0v) is 17.3. The minimum atomic E-state index is -0.964. The van der Waals surface area contributed by atoms with Gasteiger partial charge in [0.2, 0.25) is 0 Å². The number of hydrogen-bond donors (Lipinski definition) is 3. The lowest BCUT2D eigenvalue weighted by atomic mass is 10.1. The number of carbonyl (C=O) groups is 1. The summed E-state index contributed by atoms with van der Waals surface area (Å²) >= 11 is 17.7. The molecule has 0 amide bonds. The number of carboxylic acid groups (broad SMARTS) is 1. The Hall–Kier alpha value is -2.80. The van der Waals surface area contributed by atoms with Gasteiger partial charge in [0.1, 0.15) is 5.75 Å². The van der Waals surface area contributed by atoms with Crippen molar-refractivity contribution in [3.63, 3.8) is 0 Å². The third-order valence-electron chi connectivity index (χ3n) is 3.78. The summed E-state index contributed by atoms with van der Waals surface area (Å²) in [6.07, 6.45) is -0.170. The average molecular weight is 447 g/mol. The van der Waals surface area contributed by atoms with Crippen LogP contribution >= 0.6 is 35.4 Å². The Labute approximate surface area is 183 Å². The van der Waals surface area contributed by atoms with Crippen LogP contribution in [0.5, 0.6) is 11.5 Å². The smallest absolute Gasteiger partial charge is 0.307 e. The summed E-state index contributed by atoms with van der Waals surface area (Å²) in [4.78, 5) is 10.8. The molecule has 0 radical (unpaired) electrons. The number of nitrogens with one attached hydrogen (secondary N) is 2. The lowest BCUT2D eigenvalue weighted by Gasteiger charge is -2.13. The van der Waals surface area contributed by atoms with Gasteiger partial charge in [0.15, 0.2) is 10.9 Å². The highest BCUT2D eigenvalue weighted by Gasteiger charge is 2.13. The number of ether oxygens (including phenoxy) is 1. The molecule has 0 atom stereocenters. The molecular formula is C21H16Cl2N2O3S. The first kappa shape index (κ1) is 20.9. The van der Waals surface area contributed by atoms with Crippen LogP contribution in [-0.4, -0.2) is 16.2 Å². The van der Waals surface area contributed by atoms with E-state index >= 15 is 0 Å². The van der Waals surface area contributed by atoms with Gasteiger partial charge >= 0.3 is 5.97 Å². The van der Waals surface area contributed by atoms with Gasteiger partial charge < -0.3 is 20.5 Å². The second kappa shape index (κ2) is 9.60. The van der Waals surface area contributed by atoms with E-state index in [-0.39, 0.29) is 22.2 Å². The highest BCUT2D eigenvalue weighted by molar-refractivity contribution is 7.80. The van der Waals surface area contributed by atoms with Crippen LogP contribution in [0.1, 0.15) is 5.56 Å². The van der Waals surface area contributed by atoms with E-state index in [4.69, 9.17) is 45.3 Å². The molecule has 8 heteroatoms. The van der Waals surface area contributed by atoms with Crippen LogP contribution in [0.15, 0.2) is 66.7 Å². The summed E-state index contributed by atoms with van der Waals surface area (Å²) < 4.78 is 5.77. The van der Waals surface area contributed by atoms with E-state index < -0.39 is 5.97 Å². The van der Waals surface area contributed by atoms with Crippen molar-refractivity contribution in [1.29, 1.82) is 0 Å². The first-order valence-corrected chi connectivity index (χ1v) is 9.68. The summed E-state index contributed by atoms with van der Waals surface area (Å²) in [5.74, 6) is -0.176. The van der Waals surface area contributed by atoms with E-state index in [0.717, 1.165) is 11.4 Å². The number of carboxylic acids is 1. The first-order valence-electron chi connectivity index (χ1n) is 8.51. The van der Waals surface area contributed by atoms with Crippen molar-refractivity contribution >= 4 is 57.9 Å². The molecule has 0 aliphatic carbocycles. The molecule has 3 aromatic rings. The zero-order chi connectivity index (χ0) is 20.8. The van der Waals surface area contributed by atoms with Crippen molar-refractivity contribution in [1.82, 2.24) is 0 Å². The molecule has 0 aliphatic rings. The third kappa shape index (κ3) is 6.09. The molecule has 0 bridgehead atoms. The minimum Gasteiger partial charge on any atom is -0.481 e. The topological polar surface area (TPSA) is 70.6 Å². The predicted molar refractivity (Wildman–Crippen MR) is 121 cm³/mol. The quantitative estimate of drug-likeness (QED) is 0.390. The molecule has 0 saturated heterocycles. The van der Waals surface area contributed by atoms with E-state index in [9.17, 15) is 4.79 Å². The molecule has 0 aliphatic heterocycles. The maximum Gasteiger partial charge on any atom is 0.307 e. The van der Waals surface area contributed by atoms with Crippen molar-refractivity contribution in [2.45, 2.75) is 6.42 Å². The van der Waals surface area contributed by atoms with Gasteiger partial charge in [-0.25, -0.2) is 0 Å². The number of benzene rings is 3. The third-order valence-corrected chi connectivity index (χ3v) is 4.54. The molecule has 3 aromatic carbocycles. The molecule has 5 nitrogen and oxygen atoms in total. The summed E-state index contributed by atoms with van der Waals surface area (Å²) in [7, 11) is 0. The van der Waals surface area contributed by atoms with Crippen LogP contribution in [0.25, 0.3) is 0 Å². The monoisotopic (exact) mass is 446 g/mol. The lowest BCUT2D eigenvalue weighted by molar-refractivity contribution is -0.136. The van der Waals surface area contributed by atoms with Crippen LogP contribution < -0.4 is 15.4 Å². The molecule has 0 fully saturated rings. The Kier molecular flexibility index (Phi) is 6.93. The van der Waals surface area contributed by atoms with Crippen LogP contribution in [-0.2, 0) is 11.2 Å². The Morgan fingerprint density at radius 1 is 0.931 bits per heavy atom. The molecule has 0 unspecified atom stereocenters. The highest BCUT2D eigenvalue weighted by atomic mass is 35.5. The van der Waals surface area contributed by atoms with Gasteiger partial charge in [0.25, 0.3) is 0 Å². The second-order valence-electron chi connectivity index (χ2n) is 6.03. The van der Waals surface area contributed by atoms with Crippen molar-refractivity contribution in [3.05, 3.63) is 82.3 Å². The molecule has 0 aromatic heterocycles. The van der Waals surface area contributed by atoms with Crippen molar-refractivity contribution in [2.24, 2.45) is 0 Å². The number of thiocarbonyl (C=S) groups is 1. The molecule has 3 rings (SSSR count). The number of hydrogen-bond acceptors (Lipinski definition) is 3. The second-order valence-corrected chi connectivity index (χ2v) is 7.25. The van der Waals surface area contributed by atoms with Gasteiger partial charge in [-0.15, -0.1) is 0 Å². The Morgan fingerprint density at radius 3 is 2.03 bits per heavy atom. The molecule has 0 saturated carbocycles. The van der Waals surface area contributed by atoms with E-state index in [1.165, 1.54) is 12.1 Å². The maximum atomic E-state index is 10.8.